The van der Waals surface area contributed by atoms with E-state index in [1.807, 2.05) is 0 Å². The number of benzene rings is 1. The normalized spacial score (nSPS) is 27.0. The van der Waals surface area contributed by atoms with Crippen LogP contribution in [0.5, 0.6) is 5.75 Å². The number of piperidine rings is 1. The molecule has 2 aliphatic rings. The van der Waals surface area contributed by atoms with Gasteiger partial charge in [-0.15, -0.1) is 0 Å². The number of hydrogen-bond donors (Lipinski definition) is 2. The third-order valence-electron chi connectivity index (χ3n) is 4.21. The molecule has 1 amide bonds. The summed E-state index contributed by atoms with van der Waals surface area (Å²) in [6.45, 7) is -3.11. The second kappa shape index (κ2) is 6.16. The van der Waals surface area contributed by atoms with E-state index >= 15 is 0 Å². The third-order valence-corrected chi connectivity index (χ3v) is 4.21. The van der Waals surface area contributed by atoms with Gasteiger partial charge in [0.1, 0.15) is 11.6 Å². The molecule has 2 atom stereocenters. The van der Waals surface area contributed by atoms with E-state index in [9.17, 15) is 18.0 Å². The molecule has 1 aromatic rings. The van der Waals surface area contributed by atoms with E-state index in [2.05, 4.69) is 15.4 Å². The van der Waals surface area contributed by atoms with Crippen molar-refractivity contribution in [1.29, 1.82) is 0 Å². The van der Waals surface area contributed by atoms with Crippen LogP contribution in [0, 0.1) is 5.82 Å². The molecule has 2 N–H and O–H groups in total. The highest BCUT2D eigenvalue weighted by atomic mass is 19.3. The first-order valence-electron chi connectivity index (χ1n) is 7.32. The molecular weight excluding hydrogens is 297 g/mol. The van der Waals surface area contributed by atoms with E-state index in [-0.39, 0.29) is 11.6 Å². The first kappa shape index (κ1) is 15.1. The van der Waals surface area contributed by atoms with E-state index in [1.54, 1.807) is 0 Å². The summed E-state index contributed by atoms with van der Waals surface area (Å²) in [4.78, 5) is 12.3. The van der Waals surface area contributed by atoms with E-state index in [4.69, 9.17) is 0 Å². The molecule has 4 nitrogen and oxygen atoms in total. The Morgan fingerprint density at radius 1 is 1.27 bits per heavy atom. The van der Waals surface area contributed by atoms with Gasteiger partial charge in [-0.05, 0) is 37.8 Å². The highest BCUT2D eigenvalue weighted by Gasteiger charge is 2.34. The van der Waals surface area contributed by atoms with Crippen LogP contribution in [-0.4, -0.2) is 30.6 Å². The molecule has 120 valence electrons. The van der Waals surface area contributed by atoms with E-state index < -0.39 is 24.1 Å². The highest BCUT2D eigenvalue weighted by molar-refractivity contribution is 5.97. The van der Waals surface area contributed by atoms with Gasteiger partial charge in [-0.3, -0.25) is 4.79 Å². The largest absolute Gasteiger partial charge is 0.434 e. The van der Waals surface area contributed by atoms with Crippen molar-refractivity contribution in [1.82, 2.24) is 10.6 Å². The summed E-state index contributed by atoms with van der Waals surface area (Å²) >= 11 is 0. The SMILES string of the molecule is O=C(NC1CC2CCC(C1)N2)c1ccc(F)cc1OC(F)F. The predicted octanol–water partition coefficient (Wildman–Crippen LogP) is 2.44. The van der Waals surface area contributed by atoms with Crippen LogP contribution < -0.4 is 15.4 Å². The molecule has 0 aromatic heterocycles. The topological polar surface area (TPSA) is 50.4 Å². The molecule has 7 heteroatoms. The van der Waals surface area contributed by atoms with Crippen molar-refractivity contribution in [3.8, 4) is 5.75 Å². The molecule has 0 aliphatic carbocycles. The monoisotopic (exact) mass is 314 g/mol. The lowest BCUT2D eigenvalue weighted by Gasteiger charge is -2.29. The highest BCUT2D eigenvalue weighted by Crippen LogP contribution is 2.28. The first-order chi connectivity index (χ1) is 10.5. The second-order valence-corrected chi connectivity index (χ2v) is 5.80. The van der Waals surface area contributed by atoms with Gasteiger partial charge in [0.15, 0.2) is 0 Å². The van der Waals surface area contributed by atoms with Gasteiger partial charge in [0.25, 0.3) is 5.91 Å². The van der Waals surface area contributed by atoms with Crippen LogP contribution in [0.2, 0.25) is 0 Å². The molecule has 2 saturated heterocycles. The molecule has 0 spiro atoms. The van der Waals surface area contributed by atoms with Crippen LogP contribution in [0.15, 0.2) is 18.2 Å². The Bertz CT molecular complexity index is 556. The third kappa shape index (κ3) is 3.35. The lowest BCUT2D eigenvalue weighted by atomic mass is 9.99. The number of fused-ring (bicyclic) bond motifs is 2. The zero-order chi connectivity index (χ0) is 15.7. The molecular formula is C15H17F3N2O2. The van der Waals surface area contributed by atoms with Crippen molar-refractivity contribution in [2.24, 2.45) is 0 Å². The van der Waals surface area contributed by atoms with Crippen molar-refractivity contribution in [3.63, 3.8) is 0 Å². The number of carbonyl (C=O) groups excluding carboxylic acids is 1. The summed E-state index contributed by atoms with van der Waals surface area (Å²) in [5.41, 5.74) is -0.0763. The second-order valence-electron chi connectivity index (χ2n) is 5.80. The zero-order valence-corrected chi connectivity index (χ0v) is 11.8. The van der Waals surface area contributed by atoms with Crippen LogP contribution in [-0.2, 0) is 0 Å². The van der Waals surface area contributed by atoms with Crippen LogP contribution in [0.1, 0.15) is 36.0 Å². The Kier molecular flexibility index (Phi) is 4.24. The predicted molar refractivity (Wildman–Crippen MR) is 73.5 cm³/mol. The smallest absolute Gasteiger partial charge is 0.387 e. The Morgan fingerprint density at radius 2 is 1.95 bits per heavy atom. The fraction of sp³-hybridized carbons (Fsp3) is 0.533. The van der Waals surface area contributed by atoms with E-state index in [0.29, 0.717) is 12.1 Å². The fourth-order valence-electron chi connectivity index (χ4n) is 3.32. The Labute approximate surface area is 126 Å². The lowest BCUT2D eigenvalue weighted by Crippen LogP contribution is -2.48. The summed E-state index contributed by atoms with van der Waals surface area (Å²) in [7, 11) is 0. The van der Waals surface area contributed by atoms with Crippen molar-refractivity contribution in [2.75, 3.05) is 0 Å². The maximum atomic E-state index is 13.2. The van der Waals surface area contributed by atoms with Crippen molar-refractivity contribution in [2.45, 2.75) is 50.4 Å². The molecule has 0 radical (unpaired) electrons. The molecule has 2 bridgehead atoms. The minimum Gasteiger partial charge on any atom is -0.434 e. The van der Waals surface area contributed by atoms with Crippen LogP contribution in [0.4, 0.5) is 13.2 Å². The fourth-order valence-corrected chi connectivity index (χ4v) is 3.32. The quantitative estimate of drug-likeness (QED) is 0.897. The van der Waals surface area contributed by atoms with E-state index in [0.717, 1.165) is 43.9 Å². The van der Waals surface area contributed by atoms with Crippen LogP contribution in [0.3, 0.4) is 0 Å². The van der Waals surface area contributed by atoms with Crippen molar-refractivity contribution in [3.05, 3.63) is 29.6 Å². The summed E-state index contributed by atoms with van der Waals surface area (Å²) in [5.74, 6) is -1.68. The summed E-state index contributed by atoms with van der Waals surface area (Å²) in [6.07, 6.45) is 3.81. The van der Waals surface area contributed by atoms with Gasteiger partial charge in [0.05, 0.1) is 5.56 Å². The number of carbonyl (C=O) groups is 1. The number of halogens is 3. The molecule has 22 heavy (non-hydrogen) atoms. The molecule has 1 aromatic carbocycles. The molecule has 2 unspecified atom stereocenters. The van der Waals surface area contributed by atoms with Crippen molar-refractivity contribution >= 4 is 5.91 Å². The van der Waals surface area contributed by atoms with Gasteiger partial charge < -0.3 is 15.4 Å². The lowest BCUT2D eigenvalue weighted by molar-refractivity contribution is -0.0503. The van der Waals surface area contributed by atoms with Crippen molar-refractivity contribution < 1.29 is 22.7 Å². The molecule has 2 aliphatic heterocycles. The Morgan fingerprint density at radius 3 is 2.59 bits per heavy atom. The maximum absolute atomic E-state index is 13.2. The minimum atomic E-state index is -3.11. The minimum absolute atomic E-state index is 0.00398. The maximum Gasteiger partial charge on any atom is 0.387 e. The Hall–Kier alpha value is -1.76. The zero-order valence-electron chi connectivity index (χ0n) is 11.8. The summed E-state index contributed by atoms with van der Waals surface area (Å²) < 4.78 is 42.2. The van der Waals surface area contributed by atoms with Gasteiger partial charge in [-0.2, -0.15) is 8.78 Å². The molecule has 0 saturated carbocycles. The van der Waals surface area contributed by atoms with Gasteiger partial charge >= 0.3 is 6.61 Å². The first-order valence-corrected chi connectivity index (χ1v) is 7.32. The average molecular weight is 314 g/mol. The molecule has 2 heterocycles. The van der Waals surface area contributed by atoms with Gasteiger partial charge in [0, 0.05) is 24.2 Å². The molecule has 3 rings (SSSR count). The van der Waals surface area contributed by atoms with Gasteiger partial charge in [0.2, 0.25) is 0 Å². The summed E-state index contributed by atoms with van der Waals surface area (Å²) in [6, 6.07) is 3.81. The number of nitrogens with one attached hydrogen (secondary N) is 2. The molecule has 2 fully saturated rings. The van der Waals surface area contributed by atoms with Crippen LogP contribution >= 0.6 is 0 Å². The summed E-state index contributed by atoms with van der Waals surface area (Å²) in [5, 5.41) is 6.30. The number of hydrogen-bond acceptors (Lipinski definition) is 3. The number of alkyl halides is 2. The van der Waals surface area contributed by atoms with Gasteiger partial charge in [-0.1, -0.05) is 0 Å². The number of rotatable bonds is 4. The average Bonchev–Trinajstić information content (AvgIpc) is 2.77. The van der Waals surface area contributed by atoms with E-state index in [1.165, 1.54) is 0 Å². The van der Waals surface area contributed by atoms with Gasteiger partial charge in [-0.25, -0.2) is 4.39 Å². The number of ether oxygens (including phenoxy) is 1. The number of amides is 1. The Balaban J connectivity index is 1.71. The standard InChI is InChI=1S/C15H17F3N2O2/c16-8-1-4-12(13(5-8)22-15(17)18)14(21)20-11-6-9-2-3-10(7-11)19-9/h1,4-5,9-11,15,19H,2-3,6-7H2,(H,20,21). The van der Waals surface area contributed by atoms with Crippen LogP contribution in [0.25, 0.3) is 0 Å².